The zero-order valence-corrected chi connectivity index (χ0v) is 18.6. The lowest BCUT2D eigenvalue weighted by molar-refractivity contribution is 0.218. The number of rotatable bonds is 7. The van der Waals surface area contributed by atoms with E-state index in [-0.39, 0.29) is 17.5 Å². The molecule has 0 bridgehead atoms. The fraction of sp³-hybridized carbons (Fsp3) is 0.545. The molecule has 2 amide bonds. The first-order valence-corrected chi connectivity index (χ1v) is 11.1. The number of thiazole rings is 1. The van der Waals surface area contributed by atoms with Crippen molar-refractivity contribution < 1.29 is 9.53 Å². The fourth-order valence-electron chi connectivity index (χ4n) is 3.59. The van der Waals surface area contributed by atoms with Crippen molar-refractivity contribution in [3.8, 4) is 5.75 Å². The number of para-hydroxylation sites is 1. The highest BCUT2D eigenvalue weighted by Crippen LogP contribution is 2.31. The van der Waals surface area contributed by atoms with Gasteiger partial charge in [-0.3, -0.25) is 4.90 Å². The Labute approximate surface area is 177 Å². The van der Waals surface area contributed by atoms with Gasteiger partial charge in [0.1, 0.15) is 5.75 Å². The first-order chi connectivity index (χ1) is 13.9. The lowest BCUT2D eigenvalue weighted by Gasteiger charge is -2.29. The van der Waals surface area contributed by atoms with Gasteiger partial charge < -0.3 is 15.4 Å². The third-order valence-electron chi connectivity index (χ3n) is 5.16. The summed E-state index contributed by atoms with van der Waals surface area (Å²) < 4.78 is 5.57. The molecule has 0 aliphatic carbocycles. The van der Waals surface area contributed by atoms with E-state index < -0.39 is 0 Å². The number of amides is 2. The number of likely N-dealkylation sites (tertiary alicyclic amines) is 1. The summed E-state index contributed by atoms with van der Waals surface area (Å²) >= 11 is 1.64. The number of carbonyl (C=O) groups is 1. The molecule has 1 aromatic heterocycles. The molecule has 6 nitrogen and oxygen atoms in total. The minimum atomic E-state index is -0.172. The first kappa shape index (κ1) is 21.6. The van der Waals surface area contributed by atoms with Crippen molar-refractivity contribution in [2.45, 2.75) is 51.6 Å². The third-order valence-corrected chi connectivity index (χ3v) is 6.48. The van der Waals surface area contributed by atoms with Crippen molar-refractivity contribution >= 4 is 17.4 Å². The van der Waals surface area contributed by atoms with Crippen molar-refractivity contribution in [1.29, 1.82) is 0 Å². The maximum Gasteiger partial charge on any atom is 0.315 e. The van der Waals surface area contributed by atoms with E-state index in [0.29, 0.717) is 13.1 Å². The third kappa shape index (κ3) is 5.70. The molecule has 1 saturated heterocycles. The highest BCUT2D eigenvalue weighted by molar-refractivity contribution is 7.09. The number of benzene rings is 1. The minimum Gasteiger partial charge on any atom is -0.496 e. The Hall–Kier alpha value is -2.12. The lowest BCUT2D eigenvalue weighted by atomic mass is 9.98. The predicted octanol–water partition coefficient (Wildman–Crippen LogP) is 4.09. The Morgan fingerprint density at radius 1 is 1.24 bits per heavy atom. The molecular weight excluding hydrogens is 384 g/mol. The number of aromatic nitrogens is 1. The van der Waals surface area contributed by atoms with E-state index in [9.17, 15) is 4.79 Å². The highest BCUT2D eigenvalue weighted by atomic mass is 32.1. The molecule has 0 spiro atoms. The molecule has 2 aromatic rings. The topological polar surface area (TPSA) is 66.5 Å². The Bertz CT molecular complexity index is 809. The van der Waals surface area contributed by atoms with Crippen LogP contribution in [0.5, 0.6) is 5.75 Å². The predicted molar refractivity (Wildman–Crippen MR) is 118 cm³/mol. The molecule has 7 heteroatoms. The Kier molecular flexibility index (Phi) is 7.14. The van der Waals surface area contributed by atoms with Crippen molar-refractivity contribution in [3.05, 3.63) is 45.9 Å². The second kappa shape index (κ2) is 9.59. The van der Waals surface area contributed by atoms with Gasteiger partial charge in [-0.1, -0.05) is 39.0 Å². The quantitative estimate of drug-likeness (QED) is 0.714. The van der Waals surface area contributed by atoms with Gasteiger partial charge in [0.25, 0.3) is 0 Å². The van der Waals surface area contributed by atoms with Gasteiger partial charge in [-0.25, -0.2) is 9.78 Å². The highest BCUT2D eigenvalue weighted by Gasteiger charge is 2.26. The number of carbonyl (C=O) groups excluding carboxylic acids is 1. The van der Waals surface area contributed by atoms with Gasteiger partial charge in [0.2, 0.25) is 0 Å². The number of ether oxygens (including phenoxy) is 1. The molecule has 3 rings (SSSR count). The smallest absolute Gasteiger partial charge is 0.315 e. The molecule has 0 saturated carbocycles. The molecular formula is C22H32N4O2S. The van der Waals surface area contributed by atoms with Crippen molar-refractivity contribution in [2.75, 3.05) is 26.7 Å². The summed E-state index contributed by atoms with van der Waals surface area (Å²) in [5, 5.41) is 9.08. The van der Waals surface area contributed by atoms with Crippen LogP contribution in [0, 0.1) is 0 Å². The maximum atomic E-state index is 12.4. The van der Waals surface area contributed by atoms with Crippen LogP contribution in [0.3, 0.4) is 0 Å². The Morgan fingerprint density at radius 2 is 1.97 bits per heavy atom. The van der Waals surface area contributed by atoms with Crippen LogP contribution in [-0.2, 0) is 12.0 Å². The summed E-state index contributed by atoms with van der Waals surface area (Å²) in [4.78, 5) is 19.5. The number of nitrogens with one attached hydrogen (secondary N) is 2. The van der Waals surface area contributed by atoms with Crippen LogP contribution in [-0.4, -0.2) is 42.7 Å². The molecule has 29 heavy (non-hydrogen) atoms. The van der Waals surface area contributed by atoms with Gasteiger partial charge in [-0.05, 0) is 32.0 Å². The first-order valence-electron chi connectivity index (χ1n) is 10.2. The maximum absolute atomic E-state index is 12.4. The molecule has 2 heterocycles. The van der Waals surface area contributed by atoms with Crippen LogP contribution >= 0.6 is 11.3 Å². The van der Waals surface area contributed by atoms with E-state index in [1.807, 2.05) is 23.6 Å². The lowest BCUT2D eigenvalue weighted by Crippen LogP contribution is -2.41. The van der Waals surface area contributed by atoms with E-state index in [2.05, 4.69) is 47.4 Å². The summed E-state index contributed by atoms with van der Waals surface area (Å²) in [6, 6.07) is 8.00. The average Bonchev–Trinajstić information content (AvgIpc) is 3.39. The molecule has 1 unspecified atom stereocenters. The van der Waals surface area contributed by atoms with Gasteiger partial charge in [-0.2, -0.15) is 0 Å². The van der Waals surface area contributed by atoms with Crippen LogP contribution < -0.4 is 15.4 Å². The number of hydrogen-bond acceptors (Lipinski definition) is 5. The number of hydrogen-bond donors (Lipinski definition) is 2. The normalized spacial score (nSPS) is 15.9. The Morgan fingerprint density at radius 3 is 2.62 bits per heavy atom. The monoisotopic (exact) mass is 416 g/mol. The van der Waals surface area contributed by atoms with Crippen LogP contribution in [0.1, 0.15) is 55.9 Å². The molecule has 1 aliphatic heterocycles. The zero-order chi connectivity index (χ0) is 20.9. The number of methoxy groups -OCH3 is 1. The van der Waals surface area contributed by atoms with Gasteiger partial charge in [0.05, 0.1) is 30.4 Å². The van der Waals surface area contributed by atoms with Crippen molar-refractivity contribution in [1.82, 2.24) is 20.5 Å². The second-order valence-corrected chi connectivity index (χ2v) is 9.32. The standard InChI is InChI=1S/C22H32N4O2S/c1-22(2,3)20-25-16(15-29-20)13-23-21(27)24-14-18(26-11-7-8-12-26)17-9-5-6-10-19(17)28-4/h5-6,9-10,15,18H,7-8,11-14H2,1-4H3,(H2,23,24,27). The summed E-state index contributed by atoms with van der Waals surface area (Å²) in [5.74, 6) is 0.865. The summed E-state index contributed by atoms with van der Waals surface area (Å²) in [5.41, 5.74) is 2.05. The van der Waals surface area contributed by atoms with E-state index >= 15 is 0 Å². The van der Waals surface area contributed by atoms with Crippen LogP contribution in [0.15, 0.2) is 29.6 Å². The second-order valence-electron chi connectivity index (χ2n) is 8.46. The van der Waals surface area contributed by atoms with Gasteiger partial charge in [0, 0.05) is 22.9 Å². The largest absolute Gasteiger partial charge is 0.496 e. The SMILES string of the molecule is COc1ccccc1C(CNC(=O)NCc1csc(C(C)(C)C)n1)N1CCCC1. The van der Waals surface area contributed by atoms with Crippen molar-refractivity contribution in [3.63, 3.8) is 0 Å². The van der Waals surface area contributed by atoms with E-state index in [4.69, 9.17) is 4.74 Å². The van der Waals surface area contributed by atoms with E-state index in [1.54, 1.807) is 18.4 Å². The van der Waals surface area contributed by atoms with Crippen molar-refractivity contribution in [2.24, 2.45) is 0 Å². The van der Waals surface area contributed by atoms with Gasteiger partial charge in [-0.15, -0.1) is 11.3 Å². The minimum absolute atomic E-state index is 0.0306. The molecule has 2 N–H and O–H groups in total. The van der Waals surface area contributed by atoms with Gasteiger partial charge in [0.15, 0.2) is 0 Å². The molecule has 1 fully saturated rings. The van der Waals surface area contributed by atoms with Gasteiger partial charge >= 0.3 is 6.03 Å². The van der Waals surface area contributed by atoms with Crippen LogP contribution in [0.4, 0.5) is 4.79 Å². The summed E-state index contributed by atoms with van der Waals surface area (Å²) in [7, 11) is 1.69. The zero-order valence-electron chi connectivity index (χ0n) is 17.8. The molecule has 1 atom stereocenters. The van der Waals surface area contributed by atoms with E-state index in [1.165, 1.54) is 12.8 Å². The molecule has 1 aliphatic rings. The molecule has 158 valence electrons. The number of nitrogens with zero attached hydrogens (tertiary/aromatic N) is 2. The molecule has 0 radical (unpaired) electrons. The van der Waals surface area contributed by atoms with Crippen LogP contribution in [0.2, 0.25) is 0 Å². The fourth-order valence-corrected chi connectivity index (χ4v) is 4.49. The number of urea groups is 1. The summed E-state index contributed by atoms with van der Waals surface area (Å²) in [6.45, 7) is 9.49. The van der Waals surface area contributed by atoms with E-state index in [0.717, 1.165) is 35.1 Å². The molecule has 1 aromatic carbocycles. The van der Waals surface area contributed by atoms with Crippen LogP contribution in [0.25, 0.3) is 0 Å². The Balaban J connectivity index is 1.59. The summed E-state index contributed by atoms with van der Waals surface area (Å²) in [6.07, 6.45) is 2.38. The average molecular weight is 417 g/mol.